The number of carbonyl (C=O) groups excluding carboxylic acids is 1. The molecule has 0 spiro atoms. The van der Waals surface area contributed by atoms with Crippen molar-refractivity contribution in [3.8, 4) is 12.3 Å². The molecule has 1 saturated carbocycles. The lowest BCUT2D eigenvalue weighted by Crippen LogP contribution is -2.39. The Bertz CT molecular complexity index is 190. The number of hydrogen-bond acceptors (Lipinski definition) is 2. The lowest BCUT2D eigenvalue weighted by Gasteiger charge is -2.24. The predicted molar refractivity (Wildman–Crippen MR) is 37.3 cm³/mol. The highest BCUT2D eigenvalue weighted by molar-refractivity contribution is 5.90. The highest BCUT2D eigenvalue weighted by Gasteiger charge is 2.35. The summed E-state index contributed by atoms with van der Waals surface area (Å²) in [5, 5.41) is 9.36. The minimum absolute atomic E-state index is 0.193. The van der Waals surface area contributed by atoms with Gasteiger partial charge in [-0.3, -0.25) is 4.79 Å². The second-order valence-electron chi connectivity index (χ2n) is 2.63. The Morgan fingerprint density at radius 3 is 2.70 bits per heavy atom. The Balaban J connectivity index is 2.75. The van der Waals surface area contributed by atoms with Crippen molar-refractivity contribution < 1.29 is 9.90 Å². The number of Topliss-reactive ketones (excluding diaryl/α,β-unsaturated/α-hetero) is 1. The first-order valence-corrected chi connectivity index (χ1v) is 3.42. The minimum Gasteiger partial charge on any atom is -0.371 e. The molecule has 0 aromatic carbocycles. The number of rotatable bonds is 0. The van der Waals surface area contributed by atoms with E-state index in [1.165, 1.54) is 0 Å². The molecule has 1 rings (SSSR count). The summed E-state index contributed by atoms with van der Waals surface area (Å²) in [7, 11) is 0. The molecule has 0 aromatic rings. The number of carbonyl (C=O) groups is 1. The molecule has 1 aliphatic carbocycles. The fraction of sp³-hybridized carbons (Fsp3) is 0.625. The number of aliphatic hydroxyl groups is 1. The van der Waals surface area contributed by atoms with Gasteiger partial charge in [0.1, 0.15) is 0 Å². The molecular formula is C8H10O2. The van der Waals surface area contributed by atoms with Crippen molar-refractivity contribution in [1.29, 1.82) is 0 Å². The van der Waals surface area contributed by atoms with Crippen LogP contribution < -0.4 is 0 Å². The van der Waals surface area contributed by atoms with Crippen molar-refractivity contribution >= 4 is 5.78 Å². The maximum Gasteiger partial charge on any atom is 0.183 e. The van der Waals surface area contributed by atoms with E-state index in [9.17, 15) is 9.90 Å². The van der Waals surface area contributed by atoms with E-state index in [4.69, 9.17) is 6.42 Å². The highest BCUT2D eigenvalue weighted by Crippen LogP contribution is 2.23. The van der Waals surface area contributed by atoms with Crippen LogP contribution in [0.3, 0.4) is 0 Å². The fourth-order valence-electron chi connectivity index (χ4n) is 1.17. The van der Waals surface area contributed by atoms with Gasteiger partial charge in [0.25, 0.3) is 0 Å². The Morgan fingerprint density at radius 2 is 2.30 bits per heavy atom. The van der Waals surface area contributed by atoms with Gasteiger partial charge in [-0.2, -0.15) is 0 Å². The van der Waals surface area contributed by atoms with Crippen molar-refractivity contribution in [2.75, 3.05) is 0 Å². The van der Waals surface area contributed by atoms with Gasteiger partial charge in [-0.15, -0.1) is 6.42 Å². The topological polar surface area (TPSA) is 37.3 Å². The highest BCUT2D eigenvalue weighted by atomic mass is 16.3. The molecule has 1 N–H and O–H groups in total. The van der Waals surface area contributed by atoms with Gasteiger partial charge >= 0.3 is 0 Å². The summed E-state index contributed by atoms with van der Waals surface area (Å²) in [6.07, 6.45) is 7.59. The zero-order valence-electron chi connectivity index (χ0n) is 5.76. The van der Waals surface area contributed by atoms with Crippen molar-refractivity contribution in [1.82, 2.24) is 0 Å². The predicted octanol–water partition coefficient (Wildman–Crippen LogP) is 0.494. The van der Waals surface area contributed by atoms with Crippen LogP contribution in [0.5, 0.6) is 0 Å². The van der Waals surface area contributed by atoms with E-state index in [0.29, 0.717) is 12.8 Å². The number of hydrogen-bond donors (Lipinski definition) is 1. The van der Waals surface area contributed by atoms with Gasteiger partial charge in [0.05, 0.1) is 0 Å². The summed E-state index contributed by atoms with van der Waals surface area (Å²) in [5.41, 5.74) is -1.43. The monoisotopic (exact) mass is 138 g/mol. The maximum absolute atomic E-state index is 11.0. The third kappa shape index (κ3) is 1.05. The second-order valence-corrected chi connectivity index (χ2v) is 2.63. The molecular weight excluding hydrogens is 128 g/mol. The molecule has 0 aromatic heterocycles. The van der Waals surface area contributed by atoms with Crippen LogP contribution >= 0.6 is 0 Å². The molecule has 0 heterocycles. The first-order chi connectivity index (χ1) is 4.69. The Kier molecular flexibility index (Phi) is 1.78. The Labute approximate surface area is 60.2 Å². The normalized spacial score (nSPS) is 33.4. The zero-order valence-corrected chi connectivity index (χ0v) is 5.76. The minimum atomic E-state index is -1.43. The molecule has 1 aliphatic rings. The summed E-state index contributed by atoms with van der Waals surface area (Å²) >= 11 is 0. The van der Waals surface area contributed by atoms with Crippen LogP contribution in [0, 0.1) is 12.3 Å². The Hall–Kier alpha value is -0.810. The van der Waals surface area contributed by atoms with Crippen molar-refractivity contribution in [2.45, 2.75) is 31.3 Å². The van der Waals surface area contributed by atoms with Gasteiger partial charge < -0.3 is 5.11 Å². The SMILES string of the molecule is C#CC1(O)CCCCC1=O. The van der Waals surface area contributed by atoms with E-state index in [1.807, 2.05) is 0 Å². The number of ketones is 1. The van der Waals surface area contributed by atoms with Crippen molar-refractivity contribution in [3.63, 3.8) is 0 Å². The smallest absolute Gasteiger partial charge is 0.183 e. The maximum atomic E-state index is 11.0. The molecule has 2 heteroatoms. The van der Waals surface area contributed by atoms with E-state index in [1.54, 1.807) is 0 Å². The summed E-state index contributed by atoms with van der Waals surface area (Å²) in [6, 6.07) is 0. The first-order valence-electron chi connectivity index (χ1n) is 3.42. The average Bonchev–Trinajstić information content (AvgIpc) is 1.96. The average molecular weight is 138 g/mol. The van der Waals surface area contributed by atoms with Gasteiger partial charge in [-0.1, -0.05) is 5.92 Å². The number of terminal acetylenes is 1. The van der Waals surface area contributed by atoms with Crippen LogP contribution in [0.2, 0.25) is 0 Å². The summed E-state index contributed by atoms with van der Waals surface area (Å²) in [5.74, 6) is 1.94. The van der Waals surface area contributed by atoms with Crippen LogP contribution in [0.25, 0.3) is 0 Å². The quantitative estimate of drug-likeness (QED) is 0.495. The van der Waals surface area contributed by atoms with E-state index in [0.717, 1.165) is 12.8 Å². The van der Waals surface area contributed by atoms with Crippen molar-refractivity contribution in [3.05, 3.63) is 0 Å². The molecule has 1 unspecified atom stereocenters. The summed E-state index contributed by atoms with van der Waals surface area (Å²) in [6.45, 7) is 0. The molecule has 0 amide bonds. The molecule has 2 nitrogen and oxygen atoms in total. The summed E-state index contributed by atoms with van der Waals surface area (Å²) < 4.78 is 0. The van der Waals surface area contributed by atoms with Crippen LogP contribution in [0.4, 0.5) is 0 Å². The van der Waals surface area contributed by atoms with Crippen LogP contribution in [0.15, 0.2) is 0 Å². The van der Waals surface area contributed by atoms with Gasteiger partial charge in [0, 0.05) is 6.42 Å². The lowest BCUT2D eigenvalue weighted by atomic mass is 9.84. The standard InChI is InChI=1S/C8H10O2/c1-2-8(10)6-4-3-5-7(8)9/h1,10H,3-6H2. The lowest BCUT2D eigenvalue weighted by molar-refractivity contribution is -0.134. The van der Waals surface area contributed by atoms with Crippen LogP contribution in [-0.2, 0) is 4.79 Å². The zero-order chi connectivity index (χ0) is 7.61. The molecule has 0 saturated heterocycles. The van der Waals surface area contributed by atoms with E-state index in [2.05, 4.69) is 5.92 Å². The molecule has 1 fully saturated rings. The van der Waals surface area contributed by atoms with Gasteiger partial charge in [-0.05, 0) is 19.3 Å². The van der Waals surface area contributed by atoms with Gasteiger partial charge in [0.15, 0.2) is 11.4 Å². The third-order valence-corrected chi connectivity index (χ3v) is 1.89. The van der Waals surface area contributed by atoms with Crippen LogP contribution in [0.1, 0.15) is 25.7 Å². The molecule has 54 valence electrons. The fourth-order valence-corrected chi connectivity index (χ4v) is 1.17. The summed E-state index contributed by atoms with van der Waals surface area (Å²) in [4.78, 5) is 11.0. The molecule has 1 atom stereocenters. The van der Waals surface area contributed by atoms with E-state index >= 15 is 0 Å². The van der Waals surface area contributed by atoms with Crippen LogP contribution in [-0.4, -0.2) is 16.5 Å². The van der Waals surface area contributed by atoms with E-state index < -0.39 is 5.60 Å². The van der Waals surface area contributed by atoms with Crippen molar-refractivity contribution in [2.24, 2.45) is 0 Å². The molecule has 0 aliphatic heterocycles. The molecule has 10 heavy (non-hydrogen) atoms. The van der Waals surface area contributed by atoms with Gasteiger partial charge in [0.2, 0.25) is 0 Å². The first kappa shape index (κ1) is 7.30. The Morgan fingerprint density at radius 1 is 1.60 bits per heavy atom. The molecule has 0 radical (unpaired) electrons. The van der Waals surface area contributed by atoms with Gasteiger partial charge in [-0.25, -0.2) is 0 Å². The second kappa shape index (κ2) is 2.43. The van der Waals surface area contributed by atoms with E-state index in [-0.39, 0.29) is 5.78 Å². The third-order valence-electron chi connectivity index (χ3n) is 1.89. The molecule has 0 bridgehead atoms. The largest absolute Gasteiger partial charge is 0.371 e.